The average molecular weight is 259 g/mol. The van der Waals surface area contributed by atoms with E-state index < -0.39 is 0 Å². The fourth-order valence-corrected chi connectivity index (χ4v) is 3.55. The summed E-state index contributed by atoms with van der Waals surface area (Å²) >= 11 is 0. The summed E-state index contributed by atoms with van der Waals surface area (Å²) < 4.78 is 0. The van der Waals surface area contributed by atoms with Crippen molar-refractivity contribution < 1.29 is 0 Å². The molecule has 0 bridgehead atoms. The predicted octanol–water partition coefficient (Wildman–Crippen LogP) is 1.86. The van der Waals surface area contributed by atoms with Crippen molar-refractivity contribution in [3.8, 4) is 0 Å². The van der Waals surface area contributed by atoms with Crippen LogP contribution in [0.5, 0.6) is 0 Å². The van der Waals surface area contributed by atoms with Gasteiger partial charge in [0.25, 0.3) is 0 Å². The van der Waals surface area contributed by atoms with Crippen molar-refractivity contribution in [3.05, 3.63) is 29.3 Å². The van der Waals surface area contributed by atoms with Gasteiger partial charge in [-0.25, -0.2) is 0 Å². The number of hydrogen-bond donors (Lipinski definition) is 1. The number of nitrogens with zero attached hydrogens (tertiary/aromatic N) is 2. The van der Waals surface area contributed by atoms with E-state index in [1.807, 2.05) is 0 Å². The standard InChI is InChI=1S/C16H25N3/c1-18(2)12-14-6-4-10-19(14)16-7-3-5-13-11-17-9-8-15(13)16/h3,5,7,14,17H,4,6,8-12H2,1-2H3. The third kappa shape index (κ3) is 2.63. The molecule has 0 saturated carbocycles. The molecule has 3 nitrogen and oxygen atoms in total. The van der Waals surface area contributed by atoms with Crippen LogP contribution in [0.4, 0.5) is 5.69 Å². The molecule has 1 fully saturated rings. The van der Waals surface area contributed by atoms with Crippen LogP contribution in [0.2, 0.25) is 0 Å². The second-order valence-corrected chi connectivity index (χ2v) is 6.09. The Morgan fingerprint density at radius 3 is 3.11 bits per heavy atom. The first-order valence-electron chi connectivity index (χ1n) is 7.48. The zero-order valence-corrected chi connectivity index (χ0v) is 12.2. The van der Waals surface area contributed by atoms with Crippen LogP contribution < -0.4 is 10.2 Å². The lowest BCUT2D eigenvalue weighted by molar-refractivity contribution is 0.372. The van der Waals surface area contributed by atoms with Gasteiger partial charge < -0.3 is 15.1 Å². The largest absolute Gasteiger partial charge is 0.367 e. The smallest absolute Gasteiger partial charge is 0.0417 e. The molecule has 19 heavy (non-hydrogen) atoms. The van der Waals surface area contributed by atoms with Gasteiger partial charge in [0.05, 0.1) is 0 Å². The summed E-state index contributed by atoms with van der Waals surface area (Å²) in [6.07, 6.45) is 3.84. The van der Waals surface area contributed by atoms with Gasteiger partial charge in [0.1, 0.15) is 0 Å². The number of anilines is 1. The minimum Gasteiger partial charge on any atom is -0.367 e. The monoisotopic (exact) mass is 259 g/mol. The van der Waals surface area contributed by atoms with E-state index in [4.69, 9.17) is 0 Å². The van der Waals surface area contributed by atoms with Crippen molar-refractivity contribution in [2.24, 2.45) is 0 Å². The first kappa shape index (κ1) is 12.9. The molecule has 0 amide bonds. The molecule has 3 rings (SSSR count). The summed E-state index contributed by atoms with van der Waals surface area (Å²) in [5.41, 5.74) is 4.59. The third-order valence-electron chi connectivity index (χ3n) is 4.38. The zero-order valence-electron chi connectivity index (χ0n) is 12.2. The van der Waals surface area contributed by atoms with Crippen molar-refractivity contribution in [1.82, 2.24) is 10.2 Å². The molecule has 1 saturated heterocycles. The second-order valence-electron chi connectivity index (χ2n) is 6.09. The molecule has 2 heterocycles. The van der Waals surface area contributed by atoms with Crippen molar-refractivity contribution in [2.75, 3.05) is 38.6 Å². The third-order valence-corrected chi connectivity index (χ3v) is 4.38. The van der Waals surface area contributed by atoms with E-state index in [2.05, 4.69) is 47.4 Å². The van der Waals surface area contributed by atoms with Crippen molar-refractivity contribution >= 4 is 5.69 Å². The van der Waals surface area contributed by atoms with E-state index in [0.29, 0.717) is 6.04 Å². The Morgan fingerprint density at radius 1 is 1.37 bits per heavy atom. The Hall–Kier alpha value is -1.06. The molecule has 0 aromatic heterocycles. The molecule has 0 spiro atoms. The van der Waals surface area contributed by atoms with Crippen LogP contribution in [0.1, 0.15) is 24.0 Å². The van der Waals surface area contributed by atoms with E-state index >= 15 is 0 Å². The van der Waals surface area contributed by atoms with Crippen LogP contribution in [0, 0.1) is 0 Å². The normalized spacial score (nSPS) is 22.9. The van der Waals surface area contributed by atoms with Crippen LogP contribution in [0.15, 0.2) is 18.2 Å². The van der Waals surface area contributed by atoms with E-state index in [-0.39, 0.29) is 0 Å². The number of fused-ring (bicyclic) bond motifs is 1. The summed E-state index contributed by atoms with van der Waals surface area (Å²) in [7, 11) is 4.36. The average Bonchev–Trinajstić information content (AvgIpc) is 2.85. The van der Waals surface area contributed by atoms with Gasteiger partial charge in [-0.15, -0.1) is 0 Å². The number of likely N-dealkylation sites (N-methyl/N-ethyl adjacent to an activating group) is 1. The highest BCUT2D eigenvalue weighted by molar-refractivity contribution is 5.59. The molecule has 1 aromatic rings. The highest BCUT2D eigenvalue weighted by Gasteiger charge is 2.27. The lowest BCUT2D eigenvalue weighted by Crippen LogP contribution is -2.38. The SMILES string of the molecule is CN(C)CC1CCCN1c1cccc2c1CCNC2. The van der Waals surface area contributed by atoms with Gasteiger partial charge in [0, 0.05) is 31.4 Å². The molecule has 2 aliphatic rings. The summed E-state index contributed by atoms with van der Waals surface area (Å²) in [6.45, 7) is 4.55. The van der Waals surface area contributed by atoms with E-state index in [9.17, 15) is 0 Å². The molecule has 1 N–H and O–H groups in total. The van der Waals surface area contributed by atoms with E-state index in [0.717, 1.165) is 13.1 Å². The van der Waals surface area contributed by atoms with Crippen LogP contribution in [-0.2, 0) is 13.0 Å². The van der Waals surface area contributed by atoms with Gasteiger partial charge in [0.2, 0.25) is 0 Å². The lowest BCUT2D eigenvalue weighted by Gasteiger charge is -2.32. The molecule has 104 valence electrons. The van der Waals surface area contributed by atoms with Crippen molar-refractivity contribution in [1.29, 1.82) is 0 Å². The summed E-state index contributed by atoms with van der Waals surface area (Å²) in [4.78, 5) is 4.98. The maximum absolute atomic E-state index is 3.48. The number of hydrogen-bond acceptors (Lipinski definition) is 3. The van der Waals surface area contributed by atoms with E-state index in [1.54, 1.807) is 5.56 Å². The molecule has 0 aliphatic carbocycles. The molecule has 3 heteroatoms. The van der Waals surface area contributed by atoms with Gasteiger partial charge in [0.15, 0.2) is 0 Å². The topological polar surface area (TPSA) is 18.5 Å². The van der Waals surface area contributed by atoms with Crippen LogP contribution >= 0.6 is 0 Å². The molecule has 1 aromatic carbocycles. The van der Waals surface area contributed by atoms with Crippen LogP contribution in [0.3, 0.4) is 0 Å². The van der Waals surface area contributed by atoms with Crippen molar-refractivity contribution in [2.45, 2.75) is 31.8 Å². The van der Waals surface area contributed by atoms with Crippen LogP contribution in [0.25, 0.3) is 0 Å². The summed E-state index contributed by atoms with van der Waals surface area (Å²) in [6, 6.07) is 7.53. The number of nitrogens with one attached hydrogen (secondary N) is 1. The molecule has 1 atom stereocenters. The lowest BCUT2D eigenvalue weighted by atomic mass is 9.98. The first-order valence-corrected chi connectivity index (χ1v) is 7.48. The highest BCUT2D eigenvalue weighted by Crippen LogP contribution is 2.32. The molecule has 1 unspecified atom stereocenters. The van der Waals surface area contributed by atoms with Gasteiger partial charge in [-0.1, -0.05) is 12.1 Å². The maximum Gasteiger partial charge on any atom is 0.0417 e. The Labute approximate surface area is 116 Å². The Balaban J connectivity index is 1.88. The number of benzene rings is 1. The molecule has 0 radical (unpaired) electrons. The van der Waals surface area contributed by atoms with Gasteiger partial charge in [-0.2, -0.15) is 0 Å². The summed E-state index contributed by atoms with van der Waals surface area (Å²) in [5, 5.41) is 3.48. The van der Waals surface area contributed by atoms with Gasteiger partial charge >= 0.3 is 0 Å². The molecular formula is C16H25N3. The quantitative estimate of drug-likeness (QED) is 0.894. The number of rotatable bonds is 3. The van der Waals surface area contributed by atoms with E-state index in [1.165, 1.54) is 43.6 Å². The van der Waals surface area contributed by atoms with Gasteiger partial charge in [-0.05, 0) is 57.1 Å². The first-order chi connectivity index (χ1) is 9.25. The molecule has 2 aliphatic heterocycles. The maximum atomic E-state index is 3.48. The Kier molecular flexibility index (Phi) is 3.76. The highest BCUT2D eigenvalue weighted by atomic mass is 15.2. The molecular weight excluding hydrogens is 234 g/mol. The van der Waals surface area contributed by atoms with Crippen LogP contribution in [-0.4, -0.2) is 44.7 Å². The fraction of sp³-hybridized carbons (Fsp3) is 0.625. The van der Waals surface area contributed by atoms with Gasteiger partial charge in [-0.3, -0.25) is 0 Å². The van der Waals surface area contributed by atoms with Crippen molar-refractivity contribution in [3.63, 3.8) is 0 Å². The Bertz CT molecular complexity index is 442. The fourth-order valence-electron chi connectivity index (χ4n) is 3.55. The minimum atomic E-state index is 0.691. The zero-order chi connectivity index (χ0) is 13.2. The second kappa shape index (κ2) is 5.51. The predicted molar refractivity (Wildman–Crippen MR) is 80.8 cm³/mol. The summed E-state index contributed by atoms with van der Waals surface area (Å²) in [5.74, 6) is 0. The minimum absolute atomic E-state index is 0.691. The Morgan fingerprint density at radius 2 is 2.26 bits per heavy atom.